The molecule has 0 N–H and O–H groups in total. The van der Waals surface area contributed by atoms with Gasteiger partial charge < -0.3 is 4.90 Å². The second-order valence-corrected chi connectivity index (χ2v) is 9.57. The summed E-state index contributed by atoms with van der Waals surface area (Å²) in [7, 11) is 2.12. The first kappa shape index (κ1) is 18.1. The fourth-order valence-corrected chi connectivity index (χ4v) is 7.16. The van der Waals surface area contributed by atoms with Crippen molar-refractivity contribution < 1.29 is 4.57 Å². The SMILES string of the molecule is CCn1c(=O)/c(=C2\SC3=C(CCCC3)N2C)s/c1=C\c1scc[n+]1CC. The molecule has 1 aliphatic carbocycles. The molecule has 0 unspecified atom stereocenters. The van der Waals surface area contributed by atoms with E-state index in [1.807, 2.05) is 16.3 Å². The van der Waals surface area contributed by atoms with Gasteiger partial charge in [-0.1, -0.05) is 23.1 Å². The van der Waals surface area contributed by atoms with Crippen molar-refractivity contribution in [1.82, 2.24) is 9.47 Å². The lowest BCUT2D eigenvalue weighted by molar-refractivity contribution is -0.690. The fourth-order valence-electron chi connectivity index (χ4n) is 3.60. The summed E-state index contributed by atoms with van der Waals surface area (Å²) in [6.07, 6.45) is 9.10. The Morgan fingerprint density at radius 3 is 2.81 bits per heavy atom. The third kappa shape index (κ3) is 3.00. The van der Waals surface area contributed by atoms with Crippen LogP contribution in [0.2, 0.25) is 0 Å². The third-order valence-electron chi connectivity index (χ3n) is 5.04. The molecule has 0 radical (unpaired) electrons. The molecule has 0 spiro atoms. The molecule has 0 bridgehead atoms. The van der Waals surface area contributed by atoms with E-state index in [4.69, 9.17) is 0 Å². The first-order chi connectivity index (χ1) is 12.6. The molecule has 0 aromatic carbocycles. The molecule has 0 atom stereocenters. The molecule has 26 heavy (non-hydrogen) atoms. The van der Waals surface area contributed by atoms with Crippen molar-refractivity contribution in [2.24, 2.45) is 0 Å². The Bertz CT molecular complexity index is 1040. The van der Waals surface area contributed by atoms with E-state index in [0.717, 1.165) is 33.6 Å². The molecule has 138 valence electrons. The van der Waals surface area contributed by atoms with Crippen LogP contribution in [0.15, 0.2) is 27.0 Å². The van der Waals surface area contributed by atoms with Crippen LogP contribution in [0.1, 0.15) is 44.5 Å². The van der Waals surface area contributed by atoms with Gasteiger partial charge in [0.1, 0.15) is 20.8 Å². The van der Waals surface area contributed by atoms with Gasteiger partial charge in [-0.3, -0.25) is 9.36 Å². The molecule has 4 rings (SSSR count). The van der Waals surface area contributed by atoms with Gasteiger partial charge in [0, 0.05) is 24.2 Å². The van der Waals surface area contributed by atoms with Crippen LogP contribution >= 0.6 is 34.4 Å². The van der Waals surface area contributed by atoms with Crippen LogP contribution in [0, 0.1) is 0 Å². The van der Waals surface area contributed by atoms with E-state index in [1.165, 1.54) is 28.5 Å². The van der Waals surface area contributed by atoms with Crippen LogP contribution in [0.5, 0.6) is 0 Å². The minimum Gasteiger partial charge on any atom is -0.341 e. The summed E-state index contributed by atoms with van der Waals surface area (Å²) in [5.41, 5.74) is 1.58. The highest BCUT2D eigenvalue weighted by Gasteiger charge is 2.28. The summed E-state index contributed by atoms with van der Waals surface area (Å²) >= 11 is 5.18. The summed E-state index contributed by atoms with van der Waals surface area (Å²) in [6.45, 7) is 5.84. The van der Waals surface area contributed by atoms with Crippen LogP contribution in [0.4, 0.5) is 0 Å². The highest BCUT2D eigenvalue weighted by atomic mass is 32.2. The van der Waals surface area contributed by atoms with Crippen molar-refractivity contribution in [3.8, 4) is 0 Å². The lowest BCUT2D eigenvalue weighted by Crippen LogP contribution is -2.35. The zero-order chi connectivity index (χ0) is 18.3. The number of thiazole rings is 2. The Balaban J connectivity index is 1.88. The minimum absolute atomic E-state index is 0.151. The molecule has 1 aliphatic heterocycles. The molecule has 2 aromatic rings. The zero-order valence-corrected chi connectivity index (χ0v) is 17.9. The summed E-state index contributed by atoms with van der Waals surface area (Å²) in [4.78, 5) is 16.9. The molecular weight excluding hydrogens is 382 g/mol. The Labute approximate surface area is 165 Å². The van der Waals surface area contributed by atoms with Crippen LogP contribution in [-0.4, -0.2) is 16.5 Å². The first-order valence-electron chi connectivity index (χ1n) is 9.20. The molecular formula is C19H24N3OS3+. The van der Waals surface area contributed by atoms with Gasteiger partial charge in [-0.25, -0.2) is 0 Å². The van der Waals surface area contributed by atoms with E-state index in [-0.39, 0.29) is 5.56 Å². The van der Waals surface area contributed by atoms with E-state index in [2.05, 4.69) is 48.0 Å². The summed E-state index contributed by atoms with van der Waals surface area (Å²) in [5.74, 6) is 0. The van der Waals surface area contributed by atoms with Crippen molar-refractivity contribution in [2.75, 3.05) is 7.05 Å². The van der Waals surface area contributed by atoms with Crippen LogP contribution in [0.3, 0.4) is 0 Å². The number of hydrogen-bond acceptors (Lipinski definition) is 5. The average molecular weight is 407 g/mol. The highest BCUT2D eigenvalue weighted by molar-refractivity contribution is 8.11. The predicted molar refractivity (Wildman–Crippen MR) is 112 cm³/mol. The van der Waals surface area contributed by atoms with Gasteiger partial charge in [0.05, 0.1) is 11.5 Å². The molecule has 0 saturated heterocycles. The lowest BCUT2D eigenvalue weighted by Gasteiger charge is -2.19. The van der Waals surface area contributed by atoms with Gasteiger partial charge >= 0.3 is 0 Å². The van der Waals surface area contributed by atoms with Crippen molar-refractivity contribution in [3.05, 3.63) is 46.7 Å². The Morgan fingerprint density at radius 2 is 2.08 bits per heavy atom. The van der Waals surface area contributed by atoms with Crippen LogP contribution < -0.4 is 19.3 Å². The summed E-state index contributed by atoms with van der Waals surface area (Å²) < 4.78 is 6.07. The number of rotatable bonds is 3. The van der Waals surface area contributed by atoms with Gasteiger partial charge in [-0.2, -0.15) is 4.57 Å². The smallest absolute Gasteiger partial charge is 0.271 e. The zero-order valence-electron chi connectivity index (χ0n) is 15.4. The van der Waals surface area contributed by atoms with E-state index in [9.17, 15) is 4.79 Å². The molecule has 0 fully saturated rings. The van der Waals surface area contributed by atoms with Gasteiger partial charge in [-0.15, -0.1) is 11.3 Å². The maximum Gasteiger partial charge on any atom is 0.271 e. The summed E-state index contributed by atoms with van der Waals surface area (Å²) in [5, 5.41) is 4.42. The maximum atomic E-state index is 13.1. The number of aryl methyl sites for hydroxylation is 1. The number of nitrogens with zero attached hydrogens (tertiary/aromatic N) is 3. The molecule has 0 saturated carbocycles. The van der Waals surface area contributed by atoms with Crippen molar-refractivity contribution >= 4 is 45.5 Å². The predicted octanol–water partition coefficient (Wildman–Crippen LogP) is 2.66. The largest absolute Gasteiger partial charge is 0.341 e. The fraction of sp³-hybridized carbons (Fsp3) is 0.474. The Kier molecular flexibility index (Phi) is 5.12. The Hall–Kier alpha value is -1.31. The normalized spacial score (nSPS) is 20.3. The number of aromatic nitrogens is 2. The number of hydrogen-bond donors (Lipinski definition) is 0. The first-order valence-corrected chi connectivity index (χ1v) is 11.7. The molecule has 0 amide bonds. The van der Waals surface area contributed by atoms with Gasteiger partial charge in [0.25, 0.3) is 10.6 Å². The van der Waals surface area contributed by atoms with Crippen molar-refractivity contribution in [1.29, 1.82) is 0 Å². The highest BCUT2D eigenvalue weighted by Crippen LogP contribution is 2.46. The molecule has 7 heteroatoms. The number of allylic oxidation sites excluding steroid dienone is 2. The second-order valence-electron chi connectivity index (χ2n) is 6.53. The molecule has 2 aliphatic rings. The maximum absolute atomic E-state index is 13.1. The third-order valence-corrected chi connectivity index (χ3v) is 8.50. The van der Waals surface area contributed by atoms with Crippen LogP contribution in [0.25, 0.3) is 11.1 Å². The Morgan fingerprint density at radius 1 is 1.27 bits per heavy atom. The van der Waals surface area contributed by atoms with Crippen LogP contribution in [-0.2, 0) is 13.1 Å². The van der Waals surface area contributed by atoms with E-state index in [1.54, 1.807) is 22.7 Å². The second kappa shape index (κ2) is 7.37. The standard InChI is InChI=1S/C19H24N3OS3/c1-4-21-10-11-24-15(21)12-16-22(5-2)18(23)17(26-16)19-20(3)13-8-6-7-9-14(13)25-19/h10-12H,4-9H2,1-3H3/q+1/b19-17+. The molecule has 4 nitrogen and oxygen atoms in total. The van der Waals surface area contributed by atoms with E-state index < -0.39 is 0 Å². The monoisotopic (exact) mass is 406 g/mol. The quantitative estimate of drug-likeness (QED) is 0.734. The molecule has 3 heterocycles. The topological polar surface area (TPSA) is 29.1 Å². The average Bonchev–Trinajstić information content (AvgIpc) is 3.32. The van der Waals surface area contributed by atoms with Gasteiger partial charge in [-0.05, 0) is 39.5 Å². The van der Waals surface area contributed by atoms with Crippen molar-refractivity contribution in [3.63, 3.8) is 0 Å². The lowest BCUT2D eigenvalue weighted by atomic mass is 10.0. The minimum atomic E-state index is 0.151. The van der Waals surface area contributed by atoms with E-state index >= 15 is 0 Å². The summed E-state index contributed by atoms with van der Waals surface area (Å²) in [6, 6.07) is 0. The molecule has 2 aromatic heterocycles. The van der Waals surface area contributed by atoms with Crippen molar-refractivity contribution in [2.45, 2.75) is 52.6 Å². The van der Waals surface area contributed by atoms with Gasteiger partial charge in [0.2, 0.25) is 0 Å². The number of thioether (sulfide) groups is 1. The van der Waals surface area contributed by atoms with E-state index in [0.29, 0.717) is 6.54 Å². The van der Waals surface area contributed by atoms with Gasteiger partial charge in [0.15, 0.2) is 6.20 Å².